The SMILES string of the molecule is CCCCC#Cc1ccc(-c2cc(C)c(-c3ccc(C#CCCCC)cc3)cc2C)cc1. The normalized spacial score (nSPS) is 10.1. The molecule has 0 N–H and O–H groups in total. The van der Waals surface area contributed by atoms with E-state index >= 15 is 0 Å². The second kappa shape index (κ2) is 12.0. The molecule has 32 heavy (non-hydrogen) atoms. The Kier molecular flexibility index (Phi) is 8.78. The summed E-state index contributed by atoms with van der Waals surface area (Å²) in [5.74, 6) is 13.1. The summed E-state index contributed by atoms with van der Waals surface area (Å²) in [4.78, 5) is 0. The first-order chi connectivity index (χ1) is 15.6. The van der Waals surface area contributed by atoms with Crippen LogP contribution in [0.15, 0.2) is 60.7 Å². The molecule has 0 saturated heterocycles. The van der Waals surface area contributed by atoms with Gasteiger partial charge in [0.15, 0.2) is 0 Å². The number of benzene rings is 3. The maximum Gasteiger partial charge on any atom is 0.0245 e. The van der Waals surface area contributed by atoms with E-state index in [1.807, 2.05) is 0 Å². The Morgan fingerprint density at radius 2 is 0.938 bits per heavy atom. The van der Waals surface area contributed by atoms with E-state index in [-0.39, 0.29) is 0 Å². The third-order valence-corrected chi connectivity index (χ3v) is 5.74. The van der Waals surface area contributed by atoms with Crippen LogP contribution in [-0.2, 0) is 0 Å². The van der Waals surface area contributed by atoms with Gasteiger partial charge >= 0.3 is 0 Å². The van der Waals surface area contributed by atoms with Gasteiger partial charge in [-0.05, 0) is 84.3 Å². The smallest absolute Gasteiger partial charge is 0.0245 e. The van der Waals surface area contributed by atoms with Crippen molar-refractivity contribution in [2.45, 2.75) is 66.2 Å². The fourth-order valence-corrected chi connectivity index (χ4v) is 3.76. The highest BCUT2D eigenvalue weighted by atomic mass is 14.1. The Morgan fingerprint density at radius 1 is 0.562 bits per heavy atom. The Hall–Kier alpha value is -3.22. The number of hydrogen-bond donors (Lipinski definition) is 0. The van der Waals surface area contributed by atoms with Gasteiger partial charge in [-0.2, -0.15) is 0 Å². The van der Waals surface area contributed by atoms with E-state index in [0.29, 0.717) is 0 Å². The van der Waals surface area contributed by atoms with Gasteiger partial charge in [0.2, 0.25) is 0 Å². The largest absolute Gasteiger partial charge is 0.0979 e. The summed E-state index contributed by atoms with van der Waals surface area (Å²) in [6.07, 6.45) is 6.68. The van der Waals surface area contributed by atoms with Crippen LogP contribution in [0.5, 0.6) is 0 Å². The van der Waals surface area contributed by atoms with Crippen molar-refractivity contribution >= 4 is 0 Å². The lowest BCUT2D eigenvalue weighted by Crippen LogP contribution is -1.90. The van der Waals surface area contributed by atoms with Gasteiger partial charge < -0.3 is 0 Å². The summed E-state index contributed by atoms with van der Waals surface area (Å²) in [7, 11) is 0. The van der Waals surface area contributed by atoms with Gasteiger partial charge in [-0.15, -0.1) is 0 Å². The summed E-state index contributed by atoms with van der Waals surface area (Å²) < 4.78 is 0. The predicted octanol–water partition coefficient (Wildman–Crippen LogP) is 8.72. The number of unbranched alkanes of at least 4 members (excludes halogenated alkanes) is 4. The first-order valence-corrected chi connectivity index (χ1v) is 11.9. The maximum absolute atomic E-state index is 3.28. The van der Waals surface area contributed by atoms with Crippen molar-refractivity contribution in [1.29, 1.82) is 0 Å². The highest BCUT2D eigenvalue weighted by molar-refractivity contribution is 5.76. The molecule has 3 rings (SSSR count). The number of rotatable bonds is 6. The maximum atomic E-state index is 3.28. The molecule has 0 bridgehead atoms. The zero-order valence-corrected chi connectivity index (χ0v) is 20.0. The molecule has 0 aliphatic rings. The standard InChI is InChI=1S/C32H34/c1-5-7-9-11-13-27-15-19-29(20-16-27)31-23-26(4)32(24-25(31)3)30-21-17-28(18-22-30)14-12-10-8-6-2/h15-24H,5-10H2,1-4H3. The second-order valence-electron chi connectivity index (χ2n) is 8.45. The van der Waals surface area contributed by atoms with Crippen molar-refractivity contribution in [2.24, 2.45) is 0 Å². The van der Waals surface area contributed by atoms with Gasteiger partial charge in [0, 0.05) is 24.0 Å². The lowest BCUT2D eigenvalue weighted by Gasteiger charge is -2.13. The molecule has 162 valence electrons. The Labute approximate surface area is 195 Å². The molecule has 0 heterocycles. The van der Waals surface area contributed by atoms with Crippen molar-refractivity contribution in [3.8, 4) is 45.9 Å². The molecule has 3 aromatic rings. The van der Waals surface area contributed by atoms with Crippen molar-refractivity contribution in [2.75, 3.05) is 0 Å². The van der Waals surface area contributed by atoms with Crippen molar-refractivity contribution in [1.82, 2.24) is 0 Å². The van der Waals surface area contributed by atoms with Crippen molar-refractivity contribution < 1.29 is 0 Å². The van der Waals surface area contributed by atoms with Crippen molar-refractivity contribution in [3.63, 3.8) is 0 Å². The van der Waals surface area contributed by atoms with Crippen LogP contribution in [0.25, 0.3) is 22.3 Å². The number of aryl methyl sites for hydroxylation is 2. The van der Waals surface area contributed by atoms with E-state index in [0.717, 1.165) is 24.0 Å². The first-order valence-electron chi connectivity index (χ1n) is 11.9. The molecule has 0 heteroatoms. The van der Waals surface area contributed by atoms with Crippen LogP contribution in [0.3, 0.4) is 0 Å². The van der Waals surface area contributed by atoms with E-state index in [9.17, 15) is 0 Å². The summed E-state index contributed by atoms with van der Waals surface area (Å²) in [6, 6.07) is 21.9. The second-order valence-corrected chi connectivity index (χ2v) is 8.45. The Bertz CT molecular complexity index is 1040. The molecule has 0 aliphatic heterocycles. The monoisotopic (exact) mass is 418 g/mol. The van der Waals surface area contributed by atoms with E-state index in [1.165, 1.54) is 59.1 Å². The number of hydrogen-bond acceptors (Lipinski definition) is 0. The molecular weight excluding hydrogens is 384 g/mol. The van der Waals surface area contributed by atoms with Crippen LogP contribution < -0.4 is 0 Å². The molecule has 3 aromatic carbocycles. The minimum Gasteiger partial charge on any atom is -0.0979 e. The van der Waals surface area contributed by atoms with Gasteiger partial charge in [-0.25, -0.2) is 0 Å². The summed E-state index contributed by atoms with van der Waals surface area (Å²) in [5, 5.41) is 0. The molecule has 0 unspecified atom stereocenters. The average Bonchev–Trinajstić information content (AvgIpc) is 2.82. The molecular formula is C32H34. The zero-order chi connectivity index (χ0) is 22.8. The van der Waals surface area contributed by atoms with Crippen LogP contribution in [0.1, 0.15) is 74.6 Å². The Morgan fingerprint density at radius 3 is 1.28 bits per heavy atom. The summed E-state index contributed by atoms with van der Waals surface area (Å²) in [6.45, 7) is 8.80. The quantitative estimate of drug-likeness (QED) is 0.277. The lowest BCUT2D eigenvalue weighted by molar-refractivity contribution is 0.828. The summed E-state index contributed by atoms with van der Waals surface area (Å²) >= 11 is 0. The molecule has 0 saturated carbocycles. The molecule has 0 fully saturated rings. The van der Waals surface area contributed by atoms with Crippen LogP contribution in [0, 0.1) is 37.5 Å². The topological polar surface area (TPSA) is 0 Å². The van der Waals surface area contributed by atoms with Gasteiger partial charge in [-0.1, -0.05) is 86.8 Å². The third-order valence-electron chi connectivity index (χ3n) is 5.74. The van der Waals surface area contributed by atoms with E-state index < -0.39 is 0 Å². The van der Waals surface area contributed by atoms with Crippen LogP contribution in [-0.4, -0.2) is 0 Å². The molecule has 0 radical (unpaired) electrons. The Balaban J connectivity index is 1.79. The summed E-state index contributed by atoms with van der Waals surface area (Å²) in [5.41, 5.74) is 9.82. The molecule has 0 atom stereocenters. The fraction of sp³-hybridized carbons (Fsp3) is 0.312. The molecule has 0 aliphatic carbocycles. The van der Waals surface area contributed by atoms with Crippen LogP contribution in [0.4, 0.5) is 0 Å². The van der Waals surface area contributed by atoms with Gasteiger partial charge in [-0.3, -0.25) is 0 Å². The highest BCUT2D eigenvalue weighted by Gasteiger charge is 2.08. The fourth-order valence-electron chi connectivity index (χ4n) is 3.76. The molecule has 0 spiro atoms. The molecule has 0 nitrogen and oxygen atoms in total. The molecule has 0 aromatic heterocycles. The van der Waals surface area contributed by atoms with Gasteiger partial charge in [0.25, 0.3) is 0 Å². The van der Waals surface area contributed by atoms with E-state index in [1.54, 1.807) is 0 Å². The average molecular weight is 419 g/mol. The van der Waals surface area contributed by atoms with Crippen LogP contribution >= 0.6 is 0 Å². The predicted molar refractivity (Wildman–Crippen MR) is 140 cm³/mol. The minimum absolute atomic E-state index is 0.977. The van der Waals surface area contributed by atoms with Crippen LogP contribution in [0.2, 0.25) is 0 Å². The third kappa shape index (κ3) is 6.39. The van der Waals surface area contributed by atoms with Gasteiger partial charge in [0.1, 0.15) is 0 Å². The highest BCUT2D eigenvalue weighted by Crippen LogP contribution is 2.32. The lowest BCUT2D eigenvalue weighted by atomic mass is 9.91. The minimum atomic E-state index is 0.977. The van der Waals surface area contributed by atoms with E-state index in [2.05, 4.69) is 112 Å². The zero-order valence-electron chi connectivity index (χ0n) is 20.0. The first kappa shape index (κ1) is 23.4. The van der Waals surface area contributed by atoms with E-state index in [4.69, 9.17) is 0 Å². The van der Waals surface area contributed by atoms with Gasteiger partial charge in [0.05, 0.1) is 0 Å². The molecule has 0 amide bonds. The van der Waals surface area contributed by atoms with Crippen molar-refractivity contribution in [3.05, 3.63) is 82.9 Å².